The Hall–Kier alpha value is -2.77. The van der Waals surface area contributed by atoms with Crippen LogP contribution in [0.5, 0.6) is 17.2 Å². The van der Waals surface area contributed by atoms with Gasteiger partial charge in [-0.15, -0.1) is 0 Å². The highest BCUT2D eigenvalue weighted by atomic mass is 16.7. The minimum atomic E-state index is -0.388. The molecule has 0 spiro atoms. The highest BCUT2D eigenvalue weighted by molar-refractivity contribution is 5.89. The molecule has 0 unspecified atom stereocenters. The minimum absolute atomic E-state index is 0.0741. The fraction of sp³-hybridized carbons (Fsp3) is 0.400. The number of aromatic nitrogens is 2. The van der Waals surface area contributed by atoms with Gasteiger partial charge in [0.15, 0.2) is 18.1 Å². The fourth-order valence-corrected chi connectivity index (χ4v) is 1.89. The van der Waals surface area contributed by atoms with Crippen LogP contribution in [0.15, 0.2) is 22.7 Å². The molecule has 0 radical (unpaired) electrons. The second kappa shape index (κ2) is 6.55. The lowest BCUT2D eigenvalue weighted by molar-refractivity contribution is 0.0905. The molecule has 1 aliphatic heterocycles. The smallest absolute Gasteiger partial charge is 0.316 e. The van der Waals surface area contributed by atoms with Crippen molar-refractivity contribution in [2.24, 2.45) is 5.92 Å². The van der Waals surface area contributed by atoms with E-state index in [1.54, 1.807) is 18.2 Å². The van der Waals surface area contributed by atoms with Crippen LogP contribution < -0.4 is 19.5 Å². The lowest BCUT2D eigenvalue weighted by atomic mass is 10.2. The number of ether oxygens (including phenoxy) is 3. The molecule has 2 heterocycles. The van der Waals surface area contributed by atoms with E-state index < -0.39 is 0 Å². The quantitative estimate of drug-likeness (QED) is 0.866. The van der Waals surface area contributed by atoms with Gasteiger partial charge in [0.2, 0.25) is 12.6 Å². The molecule has 1 aliphatic rings. The van der Waals surface area contributed by atoms with Crippen LogP contribution in [0.3, 0.4) is 0 Å². The molecule has 122 valence electrons. The van der Waals surface area contributed by atoms with E-state index in [2.05, 4.69) is 15.5 Å². The molecular formula is C15H17N3O5. The summed E-state index contributed by atoms with van der Waals surface area (Å²) in [5.41, 5.74) is 0. The Balaban J connectivity index is 1.56. The number of nitrogens with zero attached hydrogens (tertiary/aromatic N) is 2. The third kappa shape index (κ3) is 3.71. The van der Waals surface area contributed by atoms with E-state index in [9.17, 15) is 4.79 Å². The summed E-state index contributed by atoms with van der Waals surface area (Å²) in [6, 6.07) is 5.24. The summed E-state index contributed by atoms with van der Waals surface area (Å²) in [6.07, 6.45) is 0. The summed E-state index contributed by atoms with van der Waals surface area (Å²) in [6.45, 7) is 4.83. The van der Waals surface area contributed by atoms with E-state index in [0.717, 1.165) is 0 Å². The minimum Gasteiger partial charge on any atom is -0.485 e. The van der Waals surface area contributed by atoms with Crippen LogP contribution in [-0.4, -0.2) is 29.4 Å². The second-order valence-electron chi connectivity index (χ2n) is 5.42. The monoisotopic (exact) mass is 319 g/mol. The first-order valence-electron chi connectivity index (χ1n) is 7.25. The van der Waals surface area contributed by atoms with Crippen molar-refractivity contribution in [1.82, 2.24) is 15.5 Å². The van der Waals surface area contributed by atoms with Crippen molar-refractivity contribution in [1.29, 1.82) is 0 Å². The van der Waals surface area contributed by atoms with Crippen molar-refractivity contribution >= 4 is 5.91 Å². The molecule has 0 aliphatic carbocycles. The third-order valence-corrected chi connectivity index (χ3v) is 3.05. The van der Waals surface area contributed by atoms with Gasteiger partial charge in [-0.05, 0) is 18.1 Å². The van der Waals surface area contributed by atoms with E-state index >= 15 is 0 Å². The Morgan fingerprint density at radius 2 is 2.17 bits per heavy atom. The van der Waals surface area contributed by atoms with Crippen molar-refractivity contribution in [3.8, 4) is 17.2 Å². The molecule has 0 saturated carbocycles. The maximum Gasteiger partial charge on any atom is 0.316 e. The molecule has 2 aromatic rings. The molecule has 23 heavy (non-hydrogen) atoms. The van der Waals surface area contributed by atoms with Crippen LogP contribution >= 0.6 is 0 Å². The van der Waals surface area contributed by atoms with Gasteiger partial charge in [-0.25, -0.2) is 0 Å². The number of hydrogen-bond acceptors (Lipinski definition) is 7. The predicted octanol–water partition coefficient (Wildman–Crippen LogP) is 1.76. The van der Waals surface area contributed by atoms with Gasteiger partial charge in [0.1, 0.15) is 5.75 Å². The number of hydrogen-bond donors (Lipinski definition) is 1. The summed E-state index contributed by atoms with van der Waals surface area (Å²) in [7, 11) is 0. The maximum atomic E-state index is 11.8. The molecule has 1 amide bonds. The summed E-state index contributed by atoms with van der Waals surface area (Å²) in [4.78, 5) is 15.8. The number of fused-ring (bicyclic) bond motifs is 1. The largest absolute Gasteiger partial charge is 0.485 e. The topological polar surface area (TPSA) is 95.7 Å². The van der Waals surface area contributed by atoms with Crippen LogP contribution in [0, 0.1) is 5.92 Å². The number of rotatable bonds is 6. The van der Waals surface area contributed by atoms with Crippen LogP contribution in [0.1, 0.15) is 30.4 Å². The normalized spacial score (nSPS) is 12.5. The molecule has 3 rings (SSSR count). The van der Waals surface area contributed by atoms with Crippen LogP contribution in [0.25, 0.3) is 0 Å². The Morgan fingerprint density at radius 3 is 3.00 bits per heavy atom. The number of carbonyl (C=O) groups is 1. The van der Waals surface area contributed by atoms with Gasteiger partial charge >= 0.3 is 11.8 Å². The number of amides is 1. The highest BCUT2D eigenvalue weighted by Gasteiger charge is 2.17. The van der Waals surface area contributed by atoms with Crippen molar-refractivity contribution in [3.05, 3.63) is 29.9 Å². The van der Waals surface area contributed by atoms with Crippen LogP contribution in [0.4, 0.5) is 0 Å². The van der Waals surface area contributed by atoms with Crippen molar-refractivity contribution in [2.45, 2.75) is 20.5 Å². The highest BCUT2D eigenvalue weighted by Crippen LogP contribution is 2.35. The zero-order valence-electron chi connectivity index (χ0n) is 12.9. The molecule has 1 aromatic heterocycles. The van der Waals surface area contributed by atoms with Gasteiger partial charge in [-0.2, -0.15) is 4.98 Å². The average Bonchev–Trinajstić information content (AvgIpc) is 3.19. The summed E-state index contributed by atoms with van der Waals surface area (Å²) in [5, 5.41) is 6.43. The average molecular weight is 319 g/mol. The summed E-state index contributed by atoms with van der Waals surface area (Å²) >= 11 is 0. The SMILES string of the molecule is CC(C)CNC(=O)c1nc(COc2ccc3c(c2)OCO3)no1. The van der Waals surface area contributed by atoms with E-state index in [-0.39, 0.29) is 31.0 Å². The summed E-state index contributed by atoms with van der Waals surface area (Å²) < 4.78 is 21.0. The van der Waals surface area contributed by atoms with E-state index in [4.69, 9.17) is 18.7 Å². The zero-order chi connectivity index (χ0) is 16.2. The first-order valence-corrected chi connectivity index (χ1v) is 7.25. The van der Waals surface area contributed by atoms with Gasteiger partial charge in [-0.3, -0.25) is 4.79 Å². The van der Waals surface area contributed by atoms with Gasteiger partial charge in [0.25, 0.3) is 0 Å². The van der Waals surface area contributed by atoms with E-state index in [1.807, 2.05) is 13.8 Å². The first-order chi connectivity index (χ1) is 11.1. The van der Waals surface area contributed by atoms with Gasteiger partial charge in [-0.1, -0.05) is 19.0 Å². The maximum absolute atomic E-state index is 11.8. The van der Waals surface area contributed by atoms with Crippen molar-refractivity contribution in [2.75, 3.05) is 13.3 Å². The number of nitrogens with one attached hydrogen (secondary N) is 1. The predicted molar refractivity (Wildman–Crippen MR) is 78.4 cm³/mol. The van der Waals surface area contributed by atoms with Crippen molar-refractivity contribution < 1.29 is 23.5 Å². The van der Waals surface area contributed by atoms with E-state index in [1.165, 1.54) is 0 Å². The molecule has 0 atom stereocenters. The molecule has 8 heteroatoms. The molecular weight excluding hydrogens is 302 g/mol. The van der Waals surface area contributed by atoms with E-state index in [0.29, 0.717) is 29.7 Å². The molecule has 1 aromatic carbocycles. The zero-order valence-corrected chi connectivity index (χ0v) is 12.9. The first kappa shape index (κ1) is 15.1. The lowest BCUT2D eigenvalue weighted by Gasteiger charge is -2.04. The Labute approximate surface area is 132 Å². The van der Waals surface area contributed by atoms with Crippen molar-refractivity contribution in [3.63, 3.8) is 0 Å². The standard InChI is InChI=1S/C15H17N3O5/c1-9(2)6-16-14(19)15-17-13(18-23-15)7-20-10-3-4-11-12(5-10)22-8-21-11/h3-5,9H,6-8H2,1-2H3,(H,16,19). The number of carbonyl (C=O) groups excluding carboxylic acids is 1. The molecule has 0 fully saturated rings. The Morgan fingerprint density at radius 1 is 1.35 bits per heavy atom. The fourth-order valence-electron chi connectivity index (χ4n) is 1.89. The van der Waals surface area contributed by atoms with Crippen LogP contribution in [-0.2, 0) is 6.61 Å². The van der Waals surface area contributed by atoms with Gasteiger partial charge in [0.05, 0.1) is 0 Å². The molecule has 0 saturated heterocycles. The molecule has 1 N–H and O–H groups in total. The van der Waals surface area contributed by atoms with Crippen LogP contribution in [0.2, 0.25) is 0 Å². The van der Waals surface area contributed by atoms with Gasteiger partial charge < -0.3 is 24.1 Å². The third-order valence-electron chi connectivity index (χ3n) is 3.05. The Bertz CT molecular complexity index is 698. The number of benzene rings is 1. The molecule has 0 bridgehead atoms. The van der Waals surface area contributed by atoms with Gasteiger partial charge in [0, 0.05) is 12.6 Å². The summed E-state index contributed by atoms with van der Waals surface area (Å²) in [5.74, 6) is 2.07. The second-order valence-corrected chi connectivity index (χ2v) is 5.42. The molecule has 8 nitrogen and oxygen atoms in total. The Kier molecular flexibility index (Phi) is 4.31. The lowest BCUT2D eigenvalue weighted by Crippen LogP contribution is -2.27.